The van der Waals surface area contributed by atoms with Crippen LogP contribution in [0.2, 0.25) is 0 Å². The number of benzene rings is 2. The molecule has 0 aromatic heterocycles. The van der Waals surface area contributed by atoms with Gasteiger partial charge in [0.05, 0.1) is 6.10 Å². The Labute approximate surface area is 155 Å². The number of nitrogens with zero attached hydrogens (tertiary/aromatic N) is 1. The van der Waals surface area contributed by atoms with E-state index in [9.17, 15) is 9.59 Å². The molecule has 26 heavy (non-hydrogen) atoms. The van der Waals surface area contributed by atoms with Crippen molar-refractivity contribution < 1.29 is 14.3 Å². The molecule has 0 spiro atoms. The van der Waals surface area contributed by atoms with Crippen LogP contribution in [0.1, 0.15) is 48.4 Å². The van der Waals surface area contributed by atoms with Crippen LogP contribution in [0, 0.1) is 0 Å². The van der Waals surface area contributed by atoms with Crippen LogP contribution in [0.15, 0.2) is 48.5 Å². The van der Waals surface area contributed by atoms with Gasteiger partial charge in [-0.3, -0.25) is 9.59 Å². The Morgan fingerprint density at radius 1 is 0.923 bits per heavy atom. The first-order valence-electron chi connectivity index (χ1n) is 8.92. The fourth-order valence-corrected chi connectivity index (χ4v) is 2.55. The molecule has 0 bridgehead atoms. The molecule has 0 fully saturated rings. The highest BCUT2D eigenvalue weighted by atomic mass is 16.5. The zero-order chi connectivity index (χ0) is 19.1. The summed E-state index contributed by atoms with van der Waals surface area (Å²) in [5.41, 5.74) is 1.81. The van der Waals surface area contributed by atoms with E-state index in [1.807, 2.05) is 27.7 Å². The second-order valence-corrected chi connectivity index (χ2v) is 6.20. The Hall–Kier alpha value is -2.82. The molecule has 5 heteroatoms. The summed E-state index contributed by atoms with van der Waals surface area (Å²) in [6.07, 6.45) is 0.0900. The molecule has 2 rings (SSSR count). The van der Waals surface area contributed by atoms with Crippen LogP contribution in [0.3, 0.4) is 0 Å². The van der Waals surface area contributed by atoms with Crippen molar-refractivity contribution in [2.24, 2.45) is 0 Å². The van der Waals surface area contributed by atoms with Crippen molar-refractivity contribution in [2.75, 3.05) is 18.4 Å². The molecule has 0 radical (unpaired) electrons. The van der Waals surface area contributed by atoms with Crippen LogP contribution in [0.25, 0.3) is 0 Å². The summed E-state index contributed by atoms with van der Waals surface area (Å²) >= 11 is 0. The first-order chi connectivity index (χ1) is 12.4. The largest absolute Gasteiger partial charge is 0.491 e. The predicted octanol–water partition coefficient (Wildman–Crippen LogP) is 4.21. The van der Waals surface area contributed by atoms with Crippen molar-refractivity contribution in [3.8, 4) is 5.75 Å². The Morgan fingerprint density at radius 3 is 1.96 bits per heavy atom. The highest BCUT2D eigenvalue weighted by Crippen LogP contribution is 2.16. The highest BCUT2D eigenvalue weighted by molar-refractivity contribution is 6.04. The summed E-state index contributed by atoms with van der Waals surface area (Å²) in [6.45, 7) is 9.15. The average Bonchev–Trinajstić information content (AvgIpc) is 2.63. The van der Waals surface area contributed by atoms with Crippen LogP contribution < -0.4 is 10.1 Å². The maximum absolute atomic E-state index is 12.3. The second-order valence-electron chi connectivity index (χ2n) is 6.20. The molecule has 0 heterocycles. The standard InChI is InChI=1S/C21H26N2O3/c1-5-23(6-2)21(25)17-7-11-18(12-8-17)22-20(24)16-9-13-19(14-10-16)26-15(3)4/h7-15H,5-6H2,1-4H3,(H,22,24). The second kappa shape index (κ2) is 9.04. The average molecular weight is 354 g/mol. The number of nitrogens with one attached hydrogen (secondary N) is 1. The molecule has 2 aromatic rings. The van der Waals surface area contributed by atoms with Crippen LogP contribution >= 0.6 is 0 Å². The maximum Gasteiger partial charge on any atom is 0.255 e. The SMILES string of the molecule is CCN(CC)C(=O)c1ccc(NC(=O)c2ccc(OC(C)C)cc2)cc1. The third kappa shape index (κ3) is 5.09. The number of hydrogen-bond donors (Lipinski definition) is 1. The zero-order valence-corrected chi connectivity index (χ0v) is 15.8. The van der Waals surface area contributed by atoms with Gasteiger partial charge in [0.15, 0.2) is 0 Å². The molecule has 0 unspecified atom stereocenters. The smallest absolute Gasteiger partial charge is 0.255 e. The number of rotatable bonds is 7. The number of anilines is 1. The molecule has 0 saturated heterocycles. The molecule has 0 aliphatic carbocycles. The molecule has 0 atom stereocenters. The van der Waals surface area contributed by atoms with Crippen molar-refractivity contribution in [1.82, 2.24) is 4.90 Å². The first kappa shape index (κ1) is 19.5. The third-order valence-corrected chi connectivity index (χ3v) is 3.93. The summed E-state index contributed by atoms with van der Waals surface area (Å²) in [5, 5.41) is 2.84. The number of carbonyl (C=O) groups excluding carboxylic acids is 2. The summed E-state index contributed by atoms with van der Waals surface area (Å²) < 4.78 is 5.57. The van der Waals surface area contributed by atoms with E-state index in [2.05, 4.69) is 5.32 Å². The monoisotopic (exact) mass is 354 g/mol. The third-order valence-electron chi connectivity index (χ3n) is 3.93. The van der Waals surface area contributed by atoms with E-state index < -0.39 is 0 Å². The van der Waals surface area contributed by atoms with Crippen molar-refractivity contribution >= 4 is 17.5 Å². The van der Waals surface area contributed by atoms with Gasteiger partial charge in [0, 0.05) is 29.9 Å². The molecule has 138 valence electrons. The Kier molecular flexibility index (Phi) is 6.78. The lowest BCUT2D eigenvalue weighted by Gasteiger charge is -2.18. The van der Waals surface area contributed by atoms with Gasteiger partial charge in [-0.25, -0.2) is 0 Å². The molecular formula is C21H26N2O3. The van der Waals surface area contributed by atoms with Crippen LogP contribution in [-0.2, 0) is 0 Å². The van der Waals surface area contributed by atoms with Crippen molar-refractivity contribution in [2.45, 2.75) is 33.8 Å². The van der Waals surface area contributed by atoms with E-state index in [1.54, 1.807) is 53.4 Å². The summed E-state index contributed by atoms with van der Waals surface area (Å²) in [5.74, 6) is 0.522. The van der Waals surface area contributed by atoms with E-state index in [1.165, 1.54) is 0 Å². The normalized spacial score (nSPS) is 10.5. The summed E-state index contributed by atoms with van der Waals surface area (Å²) in [7, 11) is 0. The van der Waals surface area contributed by atoms with Gasteiger partial charge < -0.3 is 15.0 Å². The minimum atomic E-state index is -0.205. The van der Waals surface area contributed by atoms with Gasteiger partial charge in [0.2, 0.25) is 0 Å². The van der Waals surface area contributed by atoms with Gasteiger partial charge >= 0.3 is 0 Å². The van der Waals surface area contributed by atoms with E-state index >= 15 is 0 Å². The van der Waals surface area contributed by atoms with E-state index in [0.717, 1.165) is 5.75 Å². The number of ether oxygens (including phenoxy) is 1. The predicted molar refractivity (Wildman–Crippen MR) is 104 cm³/mol. The number of hydrogen-bond acceptors (Lipinski definition) is 3. The fourth-order valence-electron chi connectivity index (χ4n) is 2.55. The molecule has 5 nitrogen and oxygen atoms in total. The van der Waals surface area contributed by atoms with Gasteiger partial charge in [-0.05, 0) is 76.2 Å². The van der Waals surface area contributed by atoms with Gasteiger partial charge in [0.25, 0.3) is 11.8 Å². The van der Waals surface area contributed by atoms with E-state index in [0.29, 0.717) is 29.9 Å². The van der Waals surface area contributed by atoms with E-state index in [-0.39, 0.29) is 17.9 Å². The summed E-state index contributed by atoms with van der Waals surface area (Å²) in [6, 6.07) is 14.0. The van der Waals surface area contributed by atoms with E-state index in [4.69, 9.17) is 4.74 Å². The summed E-state index contributed by atoms with van der Waals surface area (Å²) in [4.78, 5) is 26.4. The van der Waals surface area contributed by atoms with Crippen LogP contribution in [-0.4, -0.2) is 35.9 Å². The van der Waals surface area contributed by atoms with Crippen LogP contribution in [0.5, 0.6) is 5.75 Å². The lowest BCUT2D eigenvalue weighted by atomic mass is 10.1. The van der Waals surface area contributed by atoms with Gasteiger partial charge in [-0.1, -0.05) is 0 Å². The van der Waals surface area contributed by atoms with Gasteiger partial charge in [0.1, 0.15) is 5.75 Å². The minimum absolute atomic E-state index is 0.00591. The molecule has 1 N–H and O–H groups in total. The quantitative estimate of drug-likeness (QED) is 0.810. The van der Waals surface area contributed by atoms with Gasteiger partial charge in [-0.2, -0.15) is 0 Å². The highest BCUT2D eigenvalue weighted by Gasteiger charge is 2.12. The van der Waals surface area contributed by atoms with Crippen LogP contribution in [0.4, 0.5) is 5.69 Å². The Morgan fingerprint density at radius 2 is 1.46 bits per heavy atom. The Bertz CT molecular complexity index is 733. The molecule has 0 saturated carbocycles. The zero-order valence-electron chi connectivity index (χ0n) is 15.8. The molecule has 0 aliphatic rings. The number of amides is 2. The number of carbonyl (C=O) groups is 2. The molecule has 0 aliphatic heterocycles. The lowest BCUT2D eigenvalue weighted by molar-refractivity contribution is 0.0773. The lowest BCUT2D eigenvalue weighted by Crippen LogP contribution is -2.30. The molecule has 2 amide bonds. The van der Waals surface area contributed by atoms with Crippen molar-refractivity contribution in [1.29, 1.82) is 0 Å². The Balaban J connectivity index is 2.02. The first-order valence-corrected chi connectivity index (χ1v) is 8.92. The van der Waals surface area contributed by atoms with Gasteiger partial charge in [-0.15, -0.1) is 0 Å². The van der Waals surface area contributed by atoms with Crippen molar-refractivity contribution in [3.05, 3.63) is 59.7 Å². The molecular weight excluding hydrogens is 328 g/mol. The topological polar surface area (TPSA) is 58.6 Å². The maximum atomic E-state index is 12.3. The molecule has 2 aromatic carbocycles. The minimum Gasteiger partial charge on any atom is -0.491 e. The van der Waals surface area contributed by atoms with Crippen molar-refractivity contribution in [3.63, 3.8) is 0 Å². The fraction of sp³-hybridized carbons (Fsp3) is 0.333.